The number of nitrogens with zero attached hydrogens (tertiary/aromatic N) is 2. The van der Waals surface area contributed by atoms with E-state index < -0.39 is 17.6 Å². The third-order valence-electron chi connectivity index (χ3n) is 6.30. The molecule has 2 aliphatic heterocycles. The van der Waals surface area contributed by atoms with Crippen molar-refractivity contribution in [2.45, 2.75) is 25.8 Å². The molecule has 2 aliphatic rings. The fourth-order valence-electron chi connectivity index (χ4n) is 4.48. The molecule has 1 saturated heterocycles. The summed E-state index contributed by atoms with van der Waals surface area (Å²) < 4.78 is 13.2. The van der Waals surface area contributed by atoms with E-state index in [1.165, 1.54) is 67.3 Å². The first kappa shape index (κ1) is 22.0. The maximum absolute atomic E-state index is 13.2. The molecule has 3 amide bonds. The van der Waals surface area contributed by atoms with E-state index in [9.17, 15) is 18.8 Å². The van der Waals surface area contributed by atoms with Crippen LogP contribution in [0, 0.1) is 5.82 Å². The van der Waals surface area contributed by atoms with Gasteiger partial charge in [0.2, 0.25) is 0 Å². The molecule has 0 bridgehead atoms. The van der Waals surface area contributed by atoms with Crippen molar-refractivity contribution in [2.24, 2.45) is 0 Å². The predicted molar refractivity (Wildman–Crippen MR) is 128 cm³/mol. The highest BCUT2D eigenvalue weighted by molar-refractivity contribution is 6.34. The number of carbonyl (C=O) groups is 3. The molecule has 7 heteroatoms. The lowest BCUT2D eigenvalue weighted by Gasteiger charge is -2.26. The van der Waals surface area contributed by atoms with Crippen LogP contribution in [-0.2, 0) is 6.54 Å². The van der Waals surface area contributed by atoms with Gasteiger partial charge in [-0.1, -0.05) is 18.6 Å². The number of carbonyl (C=O) groups excluding carboxylic acids is 3. The molecule has 2 heterocycles. The molecule has 0 saturated carbocycles. The van der Waals surface area contributed by atoms with Crippen LogP contribution in [0.25, 0.3) is 0 Å². The van der Waals surface area contributed by atoms with Gasteiger partial charge in [0.15, 0.2) is 0 Å². The van der Waals surface area contributed by atoms with Gasteiger partial charge in [0.25, 0.3) is 17.7 Å². The average molecular weight is 458 g/mol. The lowest BCUT2D eigenvalue weighted by molar-refractivity contribution is 0.0925. The third-order valence-corrected chi connectivity index (χ3v) is 6.30. The van der Waals surface area contributed by atoms with Gasteiger partial charge in [-0.15, -0.1) is 0 Å². The number of piperidine rings is 1. The van der Waals surface area contributed by atoms with Gasteiger partial charge in [0, 0.05) is 17.8 Å². The summed E-state index contributed by atoms with van der Waals surface area (Å²) in [5, 5.41) is 2.85. The van der Waals surface area contributed by atoms with Crippen LogP contribution in [0.15, 0.2) is 66.7 Å². The van der Waals surface area contributed by atoms with E-state index >= 15 is 0 Å². The number of halogens is 1. The lowest BCUT2D eigenvalue weighted by Crippen LogP contribution is -2.29. The molecule has 0 spiro atoms. The maximum Gasteiger partial charge on any atom is 0.266 e. The Hall–Kier alpha value is -3.84. The normalized spacial score (nSPS) is 16.0. The SMILES string of the molecule is O=C(Nc1ccc(CN2CCCCC2)cc1)c1ccc2c(c1)C(=O)N(c1ccc(F)cc1)C2=O. The molecule has 1 N–H and O–H groups in total. The third kappa shape index (κ3) is 4.34. The lowest BCUT2D eigenvalue weighted by atomic mass is 10.1. The number of rotatable bonds is 5. The van der Waals surface area contributed by atoms with Crippen molar-refractivity contribution >= 4 is 29.1 Å². The van der Waals surface area contributed by atoms with E-state index in [1.807, 2.05) is 24.3 Å². The number of amides is 3. The van der Waals surface area contributed by atoms with Crippen molar-refractivity contribution in [1.29, 1.82) is 0 Å². The Bertz CT molecular complexity index is 1250. The van der Waals surface area contributed by atoms with Gasteiger partial charge in [-0.25, -0.2) is 9.29 Å². The second kappa shape index (κ2) is 9.19. The van der Waals surface area contributed by atoms with Gasteiger partial charge in [0.05, 0.1) is 16.8 Å². The molecule has 1 fully saturated rings. The zero-order chi connectivity index (χ0) is 23.7. The van der Waals surface area contributed by atoms with E-state index in [2.05, 4.69) is 10.2 Å². The summed E-state index contributed by atoms with van der Waals surface area (Å²) in [6, 6.07) is 17.3. The van der Waals surface area contributed by atoms with Crippen LogP contribution in [0.4, 0.5) is 15.8 Å². The number of likely N-dealkylation sites (tertiary alicyclic amines) is 1. The number of hydrogen-bond acceptors (Lipinski definition) is 4. The summed E-state index contributed by atoms with van der Waals surface area (Å²) >= 11 is 0. The van der Waals surface area contributed by atoms with Crippen LogP contribution in [0.3, 0.4) is 0 Å². The molecular weight excluding hydrogens is 433 g/mol. The molecule has 0 aliphatic carbocycles. The standard InChI is InChI=1S/C27H24FN3O3/c28-20-7-11-22(12-8-20)31-26(33)23-13-6-19(16-24(23)27(31)34)25(32)29-21-9-4-18(5-10-21)17-30-14-2-1-3-15-30/h4-13,16H,1-3,14-15,17H2,(H,29,32). The molecule has 172 valence electrons. The maximum atomic E-state index is 13.2. The molecule has 6 nitrogen and oxygen atoms in total. The number of benzene rings is 3. The first-order valence-electron chi connectivity index (χ1n) is 11.4. The van der Waals surface area contributed by atoms with E-state index in [1.54, 1.807) is 0 Å². The minimum atomic E-state index is -0.539. The second-order valence-electron chi connectivity index (χ2n) is 8.67. The Labute approximate surface area is 197 Å². The van der Waals surface area contributed by atoms with Gasteiger partial charge in [-0.2, -0.15) is 0 Å². The van der Waals surface area contributed by atoms with Crippen LogP contribution >= 0.6 is 0 Å². The highest BCUT2D eigenvalue weighted by atomic mass is 19.1. The highest BCUT2D eigenvalue weighted by Crippen LogP contribution is 2.29. The molecular formula is C27H24FN3O3. The van der Waals surface area contributed by atoms with E-state index in [0.29, 0.717) is 5.69 Å². The van der Waals surface area contributed by atoms with Gasteiger partial charge >= 0.3 is 0 Å². The van der Waals surface area contributed by atoms with Crippen molar-refractivity contribution in [2.75, 3.05) is 23.3 Å². The summed E-state index contributed by atoms with van der Waals surface area (Å²) in [5.41, 5.74) is 2.78. The summed E-state index contributed by atoms with van der Waals surface area (Å²) in [4.78, 5) is 41.9. The van der Waals surface area contributed by atoms with Gasteiger partial charge in [-0.05, 0) is 86.1 Å². The Kier molecular flexibility index (Phi) is 5.94. The van der Waals surface area contributed by atoms with Crippen molar-refractivity contribution in [1.82, 2.24) is 4.90 Å². The highest BCUT2D eigenvalue weighted by Gasteiger charge is 2.37. The largest absolute Gasteiger partial charge is 0.322 e. The predicted octanol–water partition coefficient (Wildman–Crippen LogP) is 4.86. The van der Waals surface area contributed by atoms with E-state index in [4.69, 9.17) is 0 Å². The van der Waals surface area contributed by atoms with Crippen LogP contribution in [0.2, 0.25) is 0 Å². The first-order valence-corrected chi connectivity index (χ1v) is 11.4. The van der Waals surface area contributed by atoms with Gasteiger partial charge in [-0.3, -0.25) is 19.3 Å². The van der Waals surface area contributed by atoms with E-state index in [-0.39, 0.29) is 28.3 Å². The summed E-state index contributed by atoms with van der Waals surface area (Å²) in [7, 11) is 0. The molecule has 3 aromatic rings. The topological polar surface area (TPSA) is 69.7 Å². The monoisotopic (exact) mass is 457 g/mol. The Morgan fingerprint density at radius 2 is 1.50 bits per heavy atom. The Morgan fingerprint density at radius 3 is 2.21 bits per heavy atom. The molecule has 0 unspecified atom stereocenters. The number of imide groups is 1. The summed E-state index contributed by atoms with van der Waals surface area (Å²) in [5.74, 6) is -1.86. The van der Waals surface area contributed by atoms with Crippen molar-refractivity contribution in [3.8, 4) is 0 Å². The van der Waals surface area contributed by atoms with Crippen molar-refractivity contribution in [3.63, 3.8) is 0 Å². The minimum absolute atomic E-state index is 0.152. The van der Waals surface area contributed by atoms with Crippen molar-refractivity contribution in [3.05, 3.63) is 94.8 Å². The van der Waals surface area contributed by atoms with Gasteiger partial charge in [0.1, 0.15) is 5.82 Å². The minimum Gasteiger partial charge on any atom is -0.322 e. The van der Waals surface area contributed by atoms with Crippen LogP contribution in [0.5, 0.6) is 0 Å². The fourth-order valence-corrected chi connectivity index (χ4v) is 4.48. The smallest absolute Gasteiger partial charge is 0.266 e. The summed E-state index contributed by atoms with van der Waals surface area (Å²) in [6.45, 7) is 3.15. The second-order valence-corrected chi connectivity index (χ2v) is 8.67. The number of anilines is 2. The summed E-state index contributed by atoms with van der Waals surface area (Å²) in [6.07, 6.45) is 3.78. The molecule has 0 radical (unpaired) electrons. The van der Waals surface area contributed by atoms with E-state index in [0.717, 1.165) is 24.5 Å². The number of hydrogen-bond donors (Lipinski definition) is 1. The van der Waals surface area contributed by atoms with Gasteiger partial charge < -0.3 is 5.32 Å². The van der Waals surface area contributed by atoms with Crippen molar-refractivity contribution < 1.29 is 18.8 Å². The fraction of sp³-hybridized carbons (Fsp3) is 0.222. The number of nitrogens with one attached hydrogen (secondary N) is 1. The Balaban J connectivity index is 1.28. The zero-order valence-electron chi connectivity index (χ0n) is 18.6. The molecule has 34 heavy (non-hydrogen) atoms. The zero-order valence-corrected chi connectivity index (χ0v) is 18.6. The average Bonchev–Trinajstić information content (AvgIpc) is 3.11. The molecule has 5 rings (SSSR count). The molecule has 3 aromatic carbocycles. The quantitative estimate of drug-likeness (QED) is 0.556. The Morgan fingerprint density at radius 1 is 0.824 bits per heavy atom. The number of fused-ring (bicyclic) bond motifs is 1. The van der Waals surface area contributed by atoms with Crippen LogP contribution in [0.1, 0.15) is 55.9 Å². The van der Waals surface area contributed by atoms with Crippen LogP contribution in [-0.4, -0.2) is 35.7 Å². The van der Waals surface area contributed by atoms with Crippen LogP contribution < -0.4 is 10.2 Å². The molecule has 0 aromatic heterocycles. The molecule has 0 atom stereocenters. The first-order chi connectivity index (χ1) is 16.5.